The molecule has 4 nitrogen and oxygen atoms in total. The van der Waals surface area contributed by atoms with Gasteiger partial charge in [-0.15, -0.1) is 0 Å². The van der Waals surface area contributed by atoms with Crippen LogP contribution < -0.4 is 10.6 Å². The highest BCUT2D eigenvalue weighted by Crippen LogP contribution is 2.29. The molecule has 0 spiro atoms. The predicted octanol–water partition coefficient (Wildman–Crippen LogP) is 4.51. The molecule has 3 aromatic carbocycles. The van der Waals surface area contributed by atoms with Crippen LogP contribution in [0.4, 0.5) is 13.2 Å². The van der Waals surface area contributed by atoms with Crippen molar-refractivity contribution in [2.45, 2.75) is 38.2 Å². The van der Waals surface area contributed by atoms with Gasteiger partial charge in [0.15, 0.2) is 0 Å². The van der Waals surface area contributed by atoms with Crippen LogP contribution in [0.3, 0.4) is 0 Å². The Hall–Kier alpha value is -3.16. The normalized spacial score (nSPS) is 13.4. The monoisotopic (exact) mass is 456 g/mol. The van der Waals surface area contributed by atoms with Gasteiger partial charge in [-0.1, -0.05) is 66.2 Å². The van der Waals surface area contributed by atoms with Gasteiger partial charge in [0, 0.05) is 18.7 Å². The molecule has 3 rings (SSSR count). The van der Waals surface area contributed by atoms with Crippen molar-refractivity contribution in [3.05, 3.63) is 107 Å². The quantitative estimate of drug-likeness (QED) is 0.444. The predicted molar refractivity (Wildman–Crippen MR) is 122 cm³/mol. The first-order valence-electron chi connectivity index (χ1n) is 10.7. The smallest absolute Gasteiger partial charge is 0.390 e. The molecule has 3 N–H and O–H groups in total. The zero-order valence-corrected chi connectivity index (χ0v) is 18.3. The number of halogens is 3. The van der Waals surface area contributed by atoms with E-state index in [1.165, 1.54) is 6.07 Å². The number of carbonyl (C=O) groups is 1. The Bertz CT molecular complexity index is 1040. The number of hydrogen-bond donors (Lipinski definition) is 3. The molecule has 0 aliphatic rings. The first-order valence-corrected chi connectivity index (χ1v) is 10.7. The molecule has 0 saturated heterocycles. The standard InChI is InChI=1S/C26H27F3N2O2/c1-18-10-12-21(13-11-18)25(33)31-23(15-19-6-3-2-4-7-19)24(32)17-30-16-20-8-5-9-22(14-20)26(27,28)29/h2-14,23-24,30,32H,15-17H2,1H3,(H,31,33)/t23-,24+/m0/s1. The minimum atomic E-state index is -4.41. The zero-order valence-electron chi connectivity index (χ0n) is 18.3. The maximum Gasteiger partial charge on any atom is 0.416 e. The van der Waals surface area contributed by atoms with Gasteiger partial charge in [0.05, 0.1) is 17.7 Å². The minimum Gasteiger partial charge on any atom is -0.390 e. The van der Waals surface area contributed by atoms with E-state index in [2.05, 4.69) is 10.6 Å². The van der Waals surface area contributed by atoms with Gasteiger partial charge in [0.1, 0.15) is 0 Å². The van der Waals surface area contributed by atoms with Gasteiger partial charge in [-0.2, -0.15) is 13.2 Å². The van der Waals surface area contributed by atoms with Crippen molar-refractivity contribution in [3.63, 3.8) is 0 Å². The highest BCUT2D eigenvalue weighted by molar-refractivity contribution is 5.94. The lowest BCUT2D eigenvalue weighted by atomic mass is 10.00. The highest BCUT2D eigenvalue weighted by Gasteiger charge is 2.30. The molecule has 0 fully saturated rings. The zero-order chi connectivity index (χ0) is 23.8. The third-order valence-corrected chi connectivity index (χ3v) is 5.33. The number of amides is 1. The maximum atomic E-state index is 12.9. The van der Waals surface area contributed by atoms with Gasteiger partial charge in [0.25, 0.3) is 5.91 Å². The summed E-state index contributed by atoms with van der Waals surface area (Å²) >= 11 is 0. The van der Waals surface area contributed by atoms with Crippen molar-refractivity contribution in [1.82, 2.24) is 10.6 Å². The van der Waals surface area contributed by atoms with Crippen LogP contribution in [0.5, 0.6) is 0 Å². The maximum absolute atomic E-state index is 12.9. The van der Waals surface area contributed by atoms with E-state index >= 15 is 0 Å². The van der Waals surface area contributed by atoms with Crippen LogP contribution in [0.15, 0.2) is 78.9 Å². The van der Waals surface area contributed by atoms with Crippen molar-refractivity contribution in [2.24, 2.45) is 0 Å². The van der Waals surface area contributed by atoms with E-state index in [1.807, 2.05) is 49.4 Å². The number of aliphatic hydroxyl groups is 1. The molecule has 174 valence electrons. The number of rotatable bonds is 9. The van der Waals surface area contributed by atoms with E-state index in [9.17, 15) is 23.1 Å². The Labute approximate surface area is 191 Å². The van der Waals surface area contributed by atoms with Gasteiger partial charge >= 0.3 is 6.18 Å². The second-order valence-corrected chi connectivity index (χ2v) is 8.03. The summed E-state index contributed by atoms with van der Waals surface area (Å²) in [6.07, 6.45) is -4.95. The molecule has 0 saturated carbocycles. The number of alkyl halides is 3. The highest BCUT2D eigenvalue weighted by atomic mass is 19.4. The van der Waals surface area contributed by atoms with E-state index in [1.54, 1.807) is 18.2 Å². The largest absolute Gasteiger partial charge is 0.416 e. The molecule has 0 bridgehead atoms. The first-order chi connectivity index (χ1) is 15.7. The molecule has 1 amide bonds. The van der Waals surface area contributed by atoms with E-state index in [0.717, 1.165) is 23.3 Å². The topological polar surface area (TPSA) is 61.4 Å². The molecule has 33 heavy (non-hydrogen) atoms. The number of nitrogens with one attached hydrogen (secondary N) is 2. The molecular weight excluding hydrogens is 429 g/mol. The summed E-state index contributed by atoms with van der Waals surface area (Å²) in [5.41, 5.74) is 2.22. The van der Waals surface area contributed by atoms with Crippen LogP contribution in [0.1, 0.15) is 32.6 Å². The van der Waals surface area contributed by atoms with E-state index in [-0.39, 0.29) is 19.0 Å². The summed E-state index contributed by atoms with van der Waals surface area (Å²) in [4.78, 5) is 12.7. The van der Waals surface area contributed by atoms with Gasteiger partial charge in [-0.25, -0.2) is 0 Å². The lowest BCUT2D eigenvalue weighted by Crippen LogP contribution is -2.48. The Morgan fingerprint density at radius 3 is 2.27 bits per heavy atom. The lowest BCUT2D eigenvalue weighted by Gasteiger charge is -2.25. The molecule has 0 aliphatic heterocycles. The van der Waals surface area contributed by atoms with Gasteiger partial charge in [0.2, 0.25) is 0 Å². The number of benzene rings is 3. The van der Waals surface area contributed by atoms with Gasteiger partial charge < -0.3 is 15.7 Å². The molecule has 0 aromatic heterocycles. The fraction of sp³-hybridized carbons (Fsp3) is 0.269. The average Bonchev–Trinajstić information content (AvgIpc) is 2.79. The van der Waals surface area contributed by atoms with Gasteiger partial charge in [-0.3, -0.25) is 4.79 Å². The Morgan fingerprint density at radius 2 is 1.61 bits per heavy atom. The van der Waals surface area contributed by atoms with Gasteiger partial charge in [-0.05, 0) is 42.7 Å². The molecule has 0 unspecified atom stereocenters. The van der Waals surface area contributed by atoms with Crippen molar-refractivity contribution < 1.29 is 23.1 Å². The Morgan fingerprint density at radius 1 is 0.939 bits per heavy atom. The lowest BCUT2D eigenvalue weighted by molar-refractivity contribution is -0.137. The molecular formula is C26H27F3N2O2. The molecule has 3 aromatic rings. The SMILES string of the molecule is Cc1ccc(C(=O)N[C@@H](Cc2ccccc2)[C@H](O)CNCc2cccc(C(F)(F)F)c2)cc1. The van der Waals surface area contributed by atoms with Crippen molar-refractivity contribution in [1.29, 1.82) is 0 Å². The third kappa shape index (κ3) is 7.44. The number of hydrogen-bond acceptors (Lipinski definition) is 3. The van der Waals surface area contributed by atoms with Crippen LogP contribution >= 0.6 is 0 Å². The van der Waals surface area contributed by atoms with Crippen molar-refractivity contribution in [2.75, 3.05) is 6.54 Å². The first kappa shape index (κ1) is 24.5. The van der Waals surface area contributed by atoms with Crippen LogP contribution in [0, 0.1) is 6.92 Å². The summed E-state index contributed by atoms with van der Waals surface area (Å²) in [7, 11) is 0. The second kappa shape index (κ2) is 11.1. The van der Waals surface area contributed by atoms with E-state index in [0.29, 0.717) is 17.5 Å². The molecule has 7 heteroatoms. The average molecular weight is 457 g/mol. The van der Waals surface area contributed by atoms with E-state index < -0.39 is 23.9 Å². The summed E-state index contributed by atoms with van der Waals surface area (Å²) in [5.74, 6) is -0.298. The number of aliphatic hydroxyl groups excluding tert-OH is 1. The van der Waals surface area contributed by atoms with Crippen molar-refractivity contribution >= 4 is 5.91 Å². The Balaban J connectivity index is 1.65. The number of carbonyl (C=O) groups excluding carboxylic acids is 1. The van der Waals surface area contributed by atoms with Crippen molar-refractivity contribution in [3.8, 4) is 0 Å². The van der Waals surface area contributed by atoms with Crippen LogP contribution in [0.2, 0.25) is 0 Å². The summed E-state index contributed by atoms with van der Waals surface area (Å²) in [6.45, 7) is 2.19. The second-order valence-electron chi connectivity index (χ2n) is 8.03. The summed E-state index contributed by atoms with van der Waals surface area (Å²) < 4.78 is 38.7. The number of aryl methyl sites for hydroxylation is 1. The summed E-state index contributed by atoms with van der Waals surface area (Å²) in [6, 6.07) is 21.1. The summed E-state index contributed by atoms with van der Waals surface area (Å²) in [5, 5.41) is 16.7. The van der Waals surface area contributed by atoms with Crippen LogP contribution in [-0.2, 0) is 19.1 Å². The molecule has 0 aliphatic carbocycles. The fourth-order valence-electron chi connectivity index (χ4n) is 3.47. The molecule has 0 heterocycles. The van der Waals surface area contributed by atoms with Crippen LogP contribution in [0.25, 0.3) is 0 Å². The third-order valence-electron chi connectivity index (χ3n) is 5.33. The fourth-order valence-corrected chi connectivity index (χ4v) is 3.47. The molecule has 0 radical (unpaired) electrons. The minimum absolute atomic E-state index is 0.0991. The Kier molecular flexibility index (Phi) is 8.25. The molecule has 2 atom stereocenters. The van der Waals surface area contributed by atoms with E-state index in [4.69, 9.17) is 0 Å². The van der Waals surface area contributed by atoms with Crippen LogP contribution in [-0.4, -0.2) is 29.7 Å².